The zero-order chi connectivity index (χ0) is 17.8. The maximum absolute atomic E-state index is 13.0. The van der Waals surface area contributed by atoms with E-state index in [1.54, 1.807) is 36.1 Å². The van der Waals surface area contributed by atoms with Crippen LogP contribution in [0.4, 0.5) is 10.5 Å². The third kappa shape index (κ3) is 3.52. The molecule has 6 nitrogen and oxygen atoms in total. The number of hydrogen-bond donors (Lipinski definition) is 0. The van der Waals surface area contributed by atoms with E-state index in [2.05, 4.69) is 0 Å². The van der Waals surface area contributed by atoms with Crippen LogP contribution in [-0.2, 0) is 14.3 Å². The van der Waals surface area contributed by atoms with Gasteiger partial charge in [0.15, 0.2) is 0 Å². The Morgan fingerprint density at radius 1 is 1.12 bits per heavy atom. The second kappa shape index (κ2) is 7.68. The van der Waals surface area contributed by atoms with Crippen LogP contribution in [-0.4, -0.2) is 41.5 Å². The average Bonchev–Trinajstić information content (AvgIpc) is 2.87. The van der Waals surface area contributed by atoms with E-state index in [4.69, 9.17) is 4.74 Å². The summed E-state index contributed by atoms with van der Waals surface area (Å²) >= 11 is 0. The van der Waals surface area contributed by atoms with Crippen LogP contribution in [0.25, 0.3) is 0 Å². The van der Waals surface area contributed by atoms with E-state index in [9.17, 15) is 14.4 Å². The molecular formula is C19H24N2O4. The van der Waals surface area contributed by atoms with Crippen LogP contribution >= 0.6 is 0 Å². The molecule has 2 aliphatic rings. The van der Waals surface area contributed by atoms with Gasteiger partial charge in [0.25, 0.3) is 5.91 Å². The van der Waals surface area contributed by atoms with Crippen molar-refractivity contribution in [2.24, 2.45) is 0 Å². The van der Waals surface area contributed by atoms with Gasteiger partial charge < -0.3 is 9.64 Å². The highest BCUT2D eigenvalue weighted by atomic mass is 16.5. The first-order valence-corrected chi connectivity index (χ1v) is 9.00. The van der Waals surface area contributed by atoms with E-state index < -0.39 is 12.0 Å². The minimum absolute atomic E-state index is 0.0124. The van der Waals surface area contributed by atoms with Gasteiger partial charge >= 0.3 is 12.0 Å². The minimum Gasteiger partial charge on any atom is -0.466 e. The number of hydrogen-bond acceptors (Lipinski definition) is 4. The van der Waals surface area contributed by atoms with E-state index in [0.29, 0.717) is 5.69 Å². The number of amides is 3. The number of rotatable bonds is 5. The standard InChI is InChI=1S/C19H24N2O4/c1-2-25-17(22)13-16-18(23)21(15-11-7-4-8-12-15)19(24)20(16)14-9-5-3-6-10-14/h4,7-8,11-12,14,16H,2-3,5-6,9-10,13H2,1H3. The molecule has 0 N–H and O–H groups in total. The van der Waals surface area contributed by atoms with Gasteiger partial charge in [-0.3, -0.25) is 9.59 Å². The zero-order valence-electron chi connectivity index (χ0n) is 14.5. The molecule has 1 saturated carbocycles. The molecular weight excluding hydrogens is 320 g/mol. The first kappa shape index (κ1) is 17.5. The lowest BCUT2D eigenvalue weighted by atomic mass is 9.93. The Balaban J connectivity index is 1.89. The van der Waals surface area contributed by atoms with Gasteiger partial charge in [0.05, 0.1) is 18.7 Å². The van der Waals surface area contributed by atoms with Gasteiger partial charge in [0.2, 0.25) is 0 Å². The van der Waals surface area contributed by atoms with Gasteiger partial charge in [-0.1, -0.05) is 37.5 Å². The fourth-order valence-electron chi connectivity index (χ4n) is 3.76. The molecule has 1 aromatic rings. The Labute approximate surface area is 147 Å². The molecule has 3 amide bonds. The second-order valence-corrected chi connectivity index (χ2v) is 6.52. The molecule has 25 heavy (non-hydrogen) atoms. The normalized spacial score (nSPS) is 21.7. The van der Waals surface area contributed by atoms with Gasteiger partial charge in [-0.05, 0) is 31.9 Å². The highest BCUT2D eigenvalue weighted by Gasteiger charge is 2.49. The Hall–Kier alpha value is -2.37. The number of ether oxygens (including phenoxy) is 1. The van der Waals surface area contributed by atoms with Crippen molar-refractivity contribution in [2.75, 3.05) is 11.5 Å². The quantitative estimate of drug-likeness (QED) is 0.608. The van der Waals surface area contributed by atoms with Crippen molar-refractivity contribution in [2.45, 2.75) is 57.5 Å². The molecule has 1 unspecified atom stereocenters. The van der Waals surface area contributed by atoms with Crippen LogP contribution in [0.15, 0.2) is 30.3 Å². The van der Waals surface area contributed by atoms with Crippen LogP contribution in [0, 0.1) is 0 Å². The van der Waals surface area contributed by atoms with Crippen molar-refractivity contribution in [3.8, 4) is 0 Å². The number of benzene rings is 1. The second-order valence-electron chi connectivity index (χ2n) is 6.52. The monoisotopic (exact) mass is 344 g/mol. The van der Waals surface area contributed by atoms with Crippen molar-refractivity contribution in [1.29, 1.82) is 0 Å². The molecule has 1 atom stereocenters. The molecule has 2 fully saturated rings. The molecule has 0 bridgehead atoms. The maximum atomic E-state index is 13.0. The number of carbonyl (C=O) groups is 3. The molecule has 134 valence electrons. The first-order chi connectivity index (χ1) is 12.1. The van der Waals surface area contributed by atoms with Crippen LogP contribution in [0.1, 0.15) is 45.4 Å². The smallest absolute Gasteiger partial charge is 0.332 e. The lowest BCUT2D eigenvalue weighted by molar-refractivity contribution is -0.145. The van der Waals surface area contributed by atoms with Gasteiger partial charge in [0.1, 0.15) is 6.04 Å². The molecule has 1 aliphatic heterocycles. The van der Waals surface area contributed by atoms with Gasteiger partial charge in [-0.2, -0.15) is 0 Å². The predicted octanol–water partition coefficient (Wildman–Crippen LogP) is 3.11. The minimum atomic E-state index is -0.769. The summed E-state index contributed by atoms with van der Waals surface area (Å²) in [6.07, 6.45) is 4.90. The van der Waals surface area contributed by atoms with Gasteiger partial charge in [-0.25, -0.2) is 9.69 Å². The van der Waals surface area contributed by atoms with Crippen molar-refractivity contribution >= 4 is 23.6 Å². The maximum Gasteiger partial charge on any atom is 0.332 e. The summed E-state index contributed by atoms with van der Waals surface area (Å²) in [5, 5.41) is 0. The fourth-order valence-corrected chi connectivity index (χ4v) is 3.76. The van der Waals surface area contributed by atoms with Crippen LogP contribution in [0.5, 0.6) is 0 Å². The van der Waals surface area contributed by atoms with E-state index >= 15 is 0 Å². The summed E-state index contributed by atoms with van der Waals surface area (Å²) in [5.41, 5.74) is 0.546. The molecule has 1 heterocycles. The largest absolute Gasteiger partial charge is 0.466 e. The number of para-hydroxylation sites is 1. The number of nitrogens with zero attached hydrogens (tertiary/aromatic N) is 2. The van der Waals surface area contributed by atoms with Crippen molar-refractivity contribution < 1.29 is 19.1 Å². The highest BCUT2D eigenvalue weighted by Crippen LogP contribution is 2.33. The van der Waals surface area contributed by atoms with Crippen molar-refractivity contribution in [3.05, 3.63) is 30.3 Å². The summed E-state index contributed by atoms with van der Waals surface area (Å²) in [7, 11) is 0. The lowest BCUT2D eigenvalue weighted by Crippen LogP contribution is -2.45. The van der Waals surface area contributed by atoms with Gasteiger partial charge in [0, 0.05) is 6.04 Å². The molecule has 1 aliphatic carbocycles. The molecule has 0 radical (unpaired) electrons. The van der Waals surface area contributed by atoms with Crippen LogP contribution in [0.3, 0.4) is 0 Å². The number of anilines is 1. The number of carbonyl (C=O) groups excluding carboxylic acids is 3. The summed E-state index contributed by atoms with van der Waals surface area (Å²) in [5.74, 6) is -0.779. The average molecular weight is 344 g/mol. The Morgan fingerprint density at radius 2 is 1.80 bits per heavy atom. The SMILES string of the molecule is CCOC(=O)CC1C(=O)N(c2ccccc2)C(=O)N1C1CCCCC1. The van der Waals surface area contributed by atoms with E-state index in [1.807, 2.05) is 6.07 Å². The summed E-state index contributed by atoms with van der Waals surface area (Å²) < 4.78 is 5.02. The first-order valence-electron chi connectivity index (χ1n) is 9.00. The molecule has 0 spiro atoms. The van der Waals surface area contributed by atoms with E-state index in [0.717, 1.165) is 32.1 Å². The molecule has 6 heteroatoms. The van der Waals surface area contributed by atoms with Crippen molar-refractivity contribution in [1.82, 2.24) is 4.90 Å². The van der Waals surface area contributed by atoms with E-state index in [-0.39, 0.29) is 31.0 Å². The fraction of sp³-hybridized carbons (Fsp3) is 0.526. The third-order valence-electron chi connectivity index (χ3n) is 4.90. The number of imide groups is 1. The van der Waals surface area contributed by atoms with Gasteiger partial charge in [-0.15, -0.1) is 0 Å². The molecule has 0 aromatic heterocycles. The topological polar surface area (TPSA) is 66.9 Å². The van der Waals surface area contributed by atoms with Crippen molar-refractivity contribution in [3.63, 3.8) is 0 Å². The molecule has 3 rings (SSSR count). The summed E-state index contributed by atoms with van der Waals surface area (Å²) in [6.45, 7) is 1.99. The Morgan fingerprint density at radius 3 is 2.44 bits per heavy atom. The van der Waals surface area contributed by atoms with Crippen LogP contribution in [0.2, 0.25) is 0 Å². The van der Waals surface area contributed by atoms with Crippen LogP contribution < -0.4 is 4.90 Å². The molecule has 1 saturated heterocycles. The lowest BCUT2D eigenvalue weighted by Gasteiger charge is -2.33. The zero-order valence-corrected chi connectivity index (χ0v) is 14.5. The third-order valence-corrected chi connectivity index (χ3v) is 4.90. The summed E-state index contributed by atoms with van der Waals surface area (Å²) in [6, 6.07) is 7.82. The number of urea groups is 1. The van der Waals surface area contributed by atoms with E-state index in [1.165, 1.54) is 4.90 Å². The number of esters is 1. The Bertz CT molecular complexity index is 640. The Kier molecular flexibility index (Phi) is 5.36. The highest BCUT2D eigenvalue weighted by molar-refractivity contribution is 6.22. The summed E-state index contributed by atoms with van der Waals surface area (Å²) in [4.78, 5) is 40.8. The predicted molar refractivity (Wildman–Crippen MR) is 93.1 cm³/mol. The molecule has 1 aromatic carbocycles.